The van der Waals surface area contributed by atoms with Crippen LogP contribution in [0.1, 0.15) is 36.0 Å². The average Bonchev–Trinajstić information content (AvgIpc) is 2.63. The van der Waals surface area contributed by atoms with Crippen LogP contribution in [0.15, 0.2) is 24.3 Å². The number of aliphatic hydroxyl groups is 1. The van der Waals surface area contributed by atoms with E-state index < -0.39 is 6.23 Å². The van der Waals surface area contributed by atoms with Crippen LogP contribution in [0.5, 0.6) is 0 Å². The molecule has 1 aliphatic rings. The zero-order chi connectivity index (χ0) is 12.8. The molecule has 1 N–H and O–H groups in total. The van der Waals surface area contributed by atoms with E-state index in [9.17, 15) is 9.90 Å². The summed E-state index contributed by atoms with van der Waals surface area (Å²) in [6.07, 6.45) is -0.830. The summed E-state index contributed by atoms with van der Waals surface area (Å²) in [5.41, 5.74) is 1.26. The smallest absolute Gasteiger partial charge is 0.256 e. The van der Waals surface area contributed by atoms with Crippen molar-refractivity contribution in [2.75, 3.05) is 20.3 Å². The molecule has 0 radical (unpaired) electrons. The second-order valence-electron chi connectivity index (χ2n) is 3.45. The monoisotopic (exact) mass is 237 g/mol. The lowest BCUT2D eigenvalue weighted by Gasteiger charge is -2.19. The molecule has 1 atom stereocenters. The Kier molecular flexibility index (Phi) is 5.12. The average molecular weight is 237 g/mol. The highest BCUT2D eigenvalue weighted by Crippen LogP contribution is 2.30. The first-order valence-corrected chi connectivity index (χ1v) is 5.82. The van der Waals surface area contributed by atoms with Gasteiger partial charge in [0, 0.05) is 24.8 Å². The zero-order valence-corrected chi connectivity index (χ0v) is 10.5. The number of carbonyl (C=O) groups excluding carboxylic acids is 1. The molecule has 4 nitrogen and oxygen atoms in total. The van der Waals surface area contributed by atoms with Crippen LogP contribution >= 0.6 is 0 Å². The quantitative estimate of drug-likeness (QED) is 0.872. The van der Waals surface area contributed by atoms with E-state index in [1.165, 1.54) is 4.90 Å². The molecule has 1 amide bonds. The molecular formula is C13H19NO3. The van der Waals surface area contributed by atoms with E-state index in [0.29, 0.717) is 24.3 Å². The second-order valence-corrected chi connectivity index (χ2v) is 3.45. The highest BCUT2D eigenvalue weighted by Gasteiger charge is 2.34. The number of methoxy groups -OCH3 is 1. The summed E-state index contributed by atoms with van der Waals surface area (Å²) in [4.78, 5) is 13.2. The van der Waals surface area contributed by atoms with Crippen molar-refractivity contribution < 1.29 is 14.6 Å². The standard InChI is InChI=1S/C11H13NO3.C2H6/c1-15-7-6-12-10(13)8-4-2-3-5-9(8)11(12)14;1-2/h2-5,10,13H,6-7H2,1H3;1-2H3. The number of fused-ring (bicyclic) bond motifs is 1. The van der Waals surface area contributed by atoms with Crippen LogP contribution < -0.4 is 0 Å². The molecule has 0 saturated carbocycles. The number of rotatable bonds is 3. The summed E-state index contributed by atoms with van der Waals surface area (Å²) in [7, 11) is 1.57. The van der Waals surface area contributed by atoms with Crippen molar-refractivity contribution in [2.24, 2.45) is 0 Å². The van der Waals surface area contributed by atoms with Gasteiger partial charge in [0.25, 0.3) is 5.91 Å². The minimum atomic E-state index is -0.830. The Hall–Kier alpha value is -1.39. The normalized spacial score (nSPS) is 17.5. The number of amides is 1. The van der Waals surface area contributed by atoms with Crippen molar-refractivity contribution in [3.8, 4) is 0 Å². The van der Waals surface area contributed by atoms with E-state index in [-0.39, 0.29) is 5.91 Å². The third-order valence-electron chi connectivity index (χ3n) is 2.56. The topological polar surface area (TPSA) is 49.8 Å². The molecule has 0 aromatic heterocycles. The van der Waals surface area contributed by atoms with Gasteiger partial charge in [-0.1, -0.05) is 32.0 Å². The zero-order valence-electron chi connectivity index (χ0n) is 10.5. The first-order chi connectivity index (χ1) is 8.25. The number of ether oxygens (including phenoxy) is 1. The Morgan fingerprint density at radius 2 is 2.00 bits per heavy atom. The van der Waals surface area contributed by atoms with Crippen LogP contribution in [-0.4, -0.2) is 36.2 Å². The van der Waals surface area contributed by atoms with Crippen LogP contribution in [-0.2, 0) is 4.74 Å². The molecule has 0 spiro atoms. The number of nitrogens with zero attached hydrogens (tertiary/aromatic N) is 1. The van der Waals surface area contributed by atoms with E-state index in [1.807, 2.05) is 19.9 Å². The minimum absolute atomic E-state index is 0.129. The number of aliphatic hydroxyl groups excluding tert-OH is 1. The minimum Gasteiger partial charge on any atom is -0.383 e. The Morgan fingerprint density at radius 1 is 1.35 bits per heavy atom. The van der Waals surface area contributed by atoms with Crippen LogP contribution in [0, 0.1) is 0 Å². The SMILES string of the molecule is CC.COCCN1C(=O)c2ccccc2C1O. The summed E-state index contributed by atoms with van der Waals surface area (Å²) in [6, 6.07) is 7.11. The maximum absolute atomic E-state index is 11.8. The predicted molar refractivity (Wildman–Crippen MR) is 65.7 cm³/mol. The first kappa shape index (κ1) is 13.7. The van der Waals surface area contributed by atoms with Crippen LogP contribution in [0.3, 0.4) is 0 Å². The van der Waals surface area contributed by atoms with Gasteiger partial charge >= 0.3 is 0 Å². The molecule has 4 heteroatoms. The van der Waals surface area contributed by atoms with Gasteiger partial charge in [0.05, 0.1) is 6.61 Å². The van der Waals surface area contributed by atoms with E-state index >= 15 is 0 Å². The fourth-order valence-electron chi connectivity index (χ4n) is 1.76. The maximum atomic E-state index is 11.8. The summed E-state index contributed by atoms with van der Waals surface area (Å²) >= 11 is 0. The largest absolute Gasteiger partial charge is 0.383 e. The van der Waals surface area contributed by atoms with Crippen molar-refractivity contribution in [1.29, 1.82) is 0 Å². The van der Waals surface area contributed by atoms with Gasteiger partial charge in [-0.3, -0.25) is 4.79 Å². The summed E-state index contributed by atoms with van der Waals surface area (Å²) in [5, 5.41) is 9.89. The molecule has 94 valence electrons. The lowest BCUT2D eigenvalue weighted by molar-refractivity contribution is 0.00730. The van der Waals surface area contributed by atoms with Gasteiger partial charge in [-0.25, -0.2) is 0 Å². The van der Waals surface area contributed by atoms with Crippen molar-refractivity contribution in [1.82, 2.24) is 4.90 Å². The third-order valence-corrected chi connectivity index (χ3v) is 2.56. The van der Waals surface area contributed by atoms with Crippen molar-refractivity contribution in [3.05, 3.63) is 35.4 Å². The fraction of sp³-hybridized carbons (Fsp3) is 0.462. The van der Waals surface area contributed by atoms with Crippen LogP contribution in [0.2, 0.25) is 0 Å². The highest BCUT2D eigenvalue weighted by atomic mass is 16.5. The molecule has 0 bridgehead atoms. The number of carbonyl (C=O) groups is 1. The third kappa shape index (κ3) is 2.65. The molecular weight excluding hydrogens is 218 g/mol. The Bertz CT molecular complexity index is 379. The van der Waals surface area contributed by atoms with Crippen LogP contribution in [0.4, 0.5) is 0 Å². The molecule has 2 rings (SSSR count). The predicted octanol–water partition coefficient (Wildman–Crippen LogP) is 1.81. The van der Waals surface area contributed by atoms with Crippen molar-refractivity contribution in [2.45, 2.75) is 20.1 Å². The second kappa shape index (κ2) is 6.37. The van der Waals surface area contributed by atoms with Gasteiger partial charge in [0.2, 0.25) is 0 Å². The number of hydrogen-bond donors (Lipinski definition) is 1. The van der Waals surface area contributed by atoms with E-state index in [1.54, 1.807) is 25.3 Å². The molecule has 1 aliphatic heterocycles. The molecule has 0 fully saturated rings. The molecule has 0 aliphatic carbocycles. The van der Waals surface area contributed by atoms with Crippen LogP contribution in [0.25, 0.3) is 0 Å². The molecule has 1 unspecified atom stereocenters. The van der Waals surface area contributed by atoms with Gasteiger partial charge in [0.1, 0.15) is 0 Å². The lowest BCUT2D eigenvalue weighted by Crippen LogP contribution is -2.31. The highest BCUT2D eigenvalue weighted by molar-refractivity contribution is 5.98. The van der Waals surface area contributed by atoms with E-state index in [2.05, 4.69) is 0 Å². The van der Waals surface area contributed by atoms with Gasteiger partial charge in [0.15, 0.2) is 6.23 Å². The van der Waals surface area contributed by atoms with Gasteiger partial charge < -0.3 is 14.7 Å². The summed E-state index contributed by atoms with van der Waals surface area (Å²) in [6.45, 7) is 4.84. The van der Waals surface area contributed by atoms with Gasteiger partial charge in [-0.15, -0.1) is 0 Å². The molecule has 0 saturated heterocycles. The number of benzene rings is 1. The molecule has 17 heavy (non-hydrogen) atoms. The van der Waals surface area contributed by atoms with E-state index in [4.69, 9.17) is 4.74 Å². The van der Waals surface area contributed by atoms with E-state index in [0.717, 1.165) is 0 Å². The maximum Gasteiger partial charge on any atom is 0.256 e. The molecule has 1 aromatic carbocycles. The Morgan fingerprint density at radius 3 is 2.59 bits per heavy atom. The lowest BCUT2D eigenvalue weighted by atomic mass is 10.1. The molecule has 1 aromatic rings. The molecule has 1 heterocycles. The van der Waals surface area contributed by atoms with Crippen molar-refractivity contribution >= 4 is 5.91 Å². The summed E-state index contributed by atoms with van der Waals surface area (Å²) in [5.74, 6) is -0.129. The Balaban J connectivity index is 0.000000686. The first-order valence-electron chi connectivity index (χ1n) is 5.82. The van der Waals surface area contributed by atoms with Gasteiger partial charge in [-0.2, -0.15) is 0 Å². The fourth-order valence-corrected chi connectivity index (χ4v) is 1.76. The van der Waals surface area contributed by atoms with Crippen molar-refractivity contribution in [3.63, 3.8) is 0 Å². The number of hydrogen-bond acceptors (Lipinski definition) is 3. The Labute approximate surface area is 102 Å². The van der Waals surface area contributed by atoms with Gasteiger partial charge in [-0.05, 0) is 6.07 Å². The summed E-state index contributed by atoms with van der Waals surface area (Å²) < 4.78 is 4.89.